The third-order valence-corrected chi connectivity index (χ3v) is 8.69. The number of esters is 1. The van der Waals surface area contributed by atoms with Gasteiger partial charge < -0.3 is 4.74 Å². The maximum atomic E-state index is 13.3. The molecule has 0 aromatic carbocycles. The quantitative estimate of drug-likeness (QED) is 0.264. The van der Waals surface area contributed by atoms with Crippen LogP contribution in [0, 0.1) is 23.2 Å². The number of carbonyl (C=O) groups excluding carboxylic acids is 1. The summed E-state index contributed by atoms with van der Waals surface area (Å²) < 4.78 is 5.47. The molecule has 0 unspecified atom stereocenters. The minimum atomic E-state index is -0.0229. The van der Waals surface area contributed by atoms with Crippen LogP contribution < -0.4 is 0 Å². The first-order valence-electron chi connectivity index (χ1n) is 13.0. The Kier molecular flexibility index (Phi) is 9.12. The van der Waals surface area contributed by atoms with Crippen molar-refractivity contribution in [3.8, 4) is 0 Å². The largest absolute Gasteiger partial charge is 0.466 e. The van der Waals surface area contributed by atoms with E-state index in [0.717, 1.165) is 5.57 Å². The Hall–Kier alpha value is -0.790. The topological polar surface area (TPSA) is 26.3 Å². The van der Waals surface area contributed by atoms with E-state index in [-0.39, 0.29) is 11.4 Å². The lowest BCUT2D eigenvalue weighted by atomic mass is 9.58. The number of hydrogen-bond donors (Lipinski definition) is 0. The molecule has 2 heteroatoms. The first-order chi connectivity index (χ1) is 14.2. The van der Waals surface area contributed by atoms with Gasteiger partial charge in [-0.25, -0.2) is 4.79 Å². The molecule has 0 N–H and O–H groups in total. The Balaban J connectivity index is 1.99. The van der Waals surface area contributed by atoms with Crippen molar-refractivity contribution in [3.63, 3.8) is 0 Å². The van der Waals surface area contributed by atoms with Gasteiger partial charge in [0, 0.05) is 11.0 Å². The van der Waals surface area contributed by atoms with Crippen molar-refractivity contribution in [1.82, 2.24) is 0 Å². The predicted molar refractivity (Wildman–Crippen MR) is 122 cm³/mol. The van der Waals surface area contributed by atoms with Gasteiger partial charge in [-0.1, -0.05) is 90.0 Å². The number of ether oxygens (including phenoxy) is 1. The summed E-state index contributed by atoms with van der Waals surface area (Å²) in [7, 11) is 1.60. The molecule has 3 fully saturated rings. The average Bonchev–Trinajstić information content (AvgIpc) is 3.27. The molecule has 0 amide bonds. The number of rotatable bonds is 5. The fraction of sp³-hybridized carbons (Fsp3) is 0.889. The summed E-state index contributed by atoms with van der Waals surface area (Å²) in [5.41, 5.74) is 1.07. The second kappa shape index (κ2) is 11.6. The minimum Gasteiger partial charge on any atom is -0.466 e. The number of carbonyl (C=O) groups is 1. The van der Waals surface area contributed by atoms with Crippen LogP contribution in [0.5, 0.6) is 0 Å². The molecule has 3 saturated carbocycles. The molecule has 0 aromatic rings. The molecule has 0 aliphatic heterocycles. The van der Waals surface area contributed by atoms with E-state index in [4.69, 9.17) is 4.74 Å². The van der Waals surface area contributed by atoms with Gasteiger partial charge in [-0.05, 0) is 56.3 Å². The van der Waals surface area contributed by atoms with Gasteiger partial charge in [0.2, 0.25) is 0 Å². The second-order valence-corrected chi connectivity index (χ2v) is 10.5. The smallest absolute Gasteiger partial charge is 0.333 e. The van der Waals surface area contributed by atoms with E-state index in [1.807, 2.05) is 0 Å². The fourth-order valence-electron chi connectivity index (χ4n) is 6.82. The van der Waals surface area contributed by atoms with Gasteiger partial charge in [0.05, 0.1) is 7.11 Å². The van der Waals surface area contributed by atoms with E-state index in [0.29, 0.717) is 17.8 Å². The van der Waals surface area contributed by atoms with E-state index in [9.17, 15) is 4.79 Å². The first kappa shape index (κ1) is 22.9. The molecule has 3 aliphatic rings. The Morgan fingerprint density at radius 3 is 1.45 bits per heavy atom. The number of hydrogen-bond acceptors (Lipinski definition) is 2. The molecule has 0 saturated heterocycles. The summed E-state index contributed by atoms with van der Waals surface area (Å²) in [6.07, 6.45) is 26.3. The highest BCUT2D eigenvalue weighted by Crippen LogP contribution is 2.53. The number of allylic oxidation sites excluding steroid dienone is 1. The van der Waals surface area contributed by atoms with Crippen LogP contribution in [0.4, 0.5) is 0 Å². The van der Waals surface area contributed by atoms with E-state index in [1.165, 1.54) is 116 Å². The van der Waals surface area contributed by atoms with Crippen molar-refractivity contribution in [2.45, 2.75) is 122 Å². The lowest BCUT2D eigenvalue weighted by Crippen LogP contribution is -2.40. The SMILES string of the molecule is COC(=O)C(=CC1CCCCCC1)C(C)(C1CCCCCC1)C1CCCCCC1. The maximum Gasteiger partial charge on any atom is 0.333 e. The fourth-order valence-corrected chi connectivity index (χ4v) is 6.82. The second-order valence-electron chi connectivity index (χ2n) is 10.5. The molecule has 0 spiro atoms. The zero-order chi connectivity index (χ0) is 20.5. The molecular formula is C27H46O2. The van der Waals surface area contributed by atoms with Crippen LogP contribution in [0.1, 0.15) is 122 Å². The first-order valence-corrected chi connectivity index (χ1v) is 13.0. The van der Waals surface area contributed by atoms with Crippen molar-refractivity contribution in [1.29, 1.82) is 0 Å². The van der Waals surface area contributed by atoms with Crippen molar-refractivity contribution in [2.24, 2.45) is 23.2 Å². The van der Waals surface area contributed by atoms with Crippen LogP contribution >= 0.6 is 0 Å². The highest BCUT2D eigenvalue weighted by Gasteiger charge is 2.46. The standard InChI is InChI=1S/C27H46O2/c1-27(23-17-11-5-6-12-18-23,24-19-13-7-8-14-20-24)25(26(28)29-2)21-22-15-9-3-4-10-16-22/h21-24H,3-20H2,1-2H3. The van der Waals surface area contributed by atoms with E-state index in [1.54, 1.807) is 7.11 Å². The molecule has 3 aliphatic carbocycles. The van der Waals surface area contributed by atoms with Gasteiger partial charge in [0.25, 0.3) is 0 Å². The molecule has 3 rings (SSSR count). The highest BCUT2D eigenvalue weighted by molar-refractivity contribution is 5.90. The molecule has 0 aromatic heterocycles. The normalized spacial score (nSPS) is 25.1. The van der Waals surface area contributed by atoms with Gasteiger partial charge in [0.15, 0.2) is 0 Å². The van der Waals surface area contributed by atoms with Crippen LogP contribution in [0.3, 0.4) is 0 Å². The Labute approximate surface area is 180 Å². The highest BCUT2D eigenvalue weighted by atomic mass is 16.5. The number of methoxy groups -OCH3 is 1. The van der Waals surface area contributed by atoms with Crippen LogP contribution in [0.25, 0.3) is 0 Å². The average molecular weight is 403 g/mol. The summed E-state index contributed by atoms with van der Waals surface area (Å²) in [6, 6.07) is 0. The van der Waals surface area contributed by atoms with Gasteiger partial charge in [-0.3, -0.25) is 0 Å². The zero-order valence-electron chi connectivity index (χ0n) is 19.4. The van der Waals surface area contributed by atoms with Crippen molar-refractivity contribution in [2.75, 3.05) is 7.11 Å². The molecule has 0 atom stereocenters. The molecule has 166 valence electrons. The minimum absolute atomic E-state index is 0.00588. The summed E-state index contributed by atoms with van der Waals surface area (Å²) in [6.45, 7) is 2.48. The maximum absolute atomic E-state index is 13.3. The Bertz CT molecular complexity index is 491. The van der Waals surface area contributed by atoms with Crippen molar-refractivity contribution in [3.05, 3.63) is 11.6 Å². The Morgan fingerprint density at radius 1 is 0.690 bits per heavy atom. The predicted octanol–water partition coefficient (Wildman–Crippen LogP) is 8.00. The van der Waals surface area contributed by atoms with Gasteiger partial charge in [0.1, 0.15) is 0 Å². The monoisotopic (exact) mass is 402 g/mol. The molecule has 0 radical (unpaired) electrons. The van der Waals surface area contributed by atoms with Crippen molar-refractivity contribution >= 4 is 5.97 Å². The van der Waals surface area contributed by atoms with E-state index >= 15 is 0 Å². The molecule has 2 nitrogen and oxygen atoms in total. The molecule has 0 bridgehead atoms. The zero-order valence-corrected chi connectivity index (χ0v) is 19.4. The molecule has 0 heterocycles. The van der Waals surface area contributed by atoms with E-state index in [2.05, 4.69) is 13.0 Å². The van der Waals surface area contributed by atoms with E-state index < -0.39 is 0 Å². The van der Waals surface area contributed by atoms with Gasteiger partial charge >= 0.3 is 5.97 Å². The van der Waals surface area contributed by atoms with Crippen molar-refractivity contribution < 1.29 is 9.53 Å². The summed E-state index contributed by atoms with van der Waals surface area (Å²) in [4.78, 5) is 13.3. The lowest BCUT2D eigenvalue weighted by molar-refractivity contribution is -0.138. The lowest BCUT2D eigenvalue weighted by Gasteiger charge is -2.45. The summed E-state index contributed by atoms with van der Waals surface area (Å²) in [5, 5.41) is 0. The molecular weight excluding hydrogens is 356 g/mol. The summed E-state index contributed by atoms with van der Waals surface area (Å²) in [5.74, 6) is 1.83. The van der Waals surface area contributed by atoms with Crippen LogP contribution in [-0.2, 0) is 9.53 Å². The molecule has 29 heavy (non-hydrogen) atoms. The van der Waals surface area contributed by atoms with Crippen LogP contribution in [0.2, 0.25) is 0 Å². The van der Waals surface area contributed by atoms with Crippen LogP contribution in [0.15, 0.2) is 11.6 Å². The Morgan fingerprint density at radius 2 is 1.07 bits per heavy atom. The van der Waals surface area contributed by atoms with Gasteiger partial charge in [-0.15, -0.1) is 0 Å². The van der Waals surface area contributed by atoms with Gasteiger partial charge in [-0.2, -0.15) is 0 Å². The third kappa shape index (κ3) is 5.88. The summed E-state index contributed by atoms with van der Waals surface area (Å²) >= 11 is 0. The third-order valence-electron chi connectivity index (χ3n) is 8.69. The van der Waals surface area contributed by atoms with Crippen LogP contribution in [-0.4, -0.2) is 13.1 Å².